The fourth-order valence-corrected chi connectivity index (χ4v) is 3.25. The minimum Gasteiger partial charge on any atom is -0.469 e. The van der Waals surface area contributed by atoms with Gasteiger partial charge in [-0.3, -0.25) is 4.79 Å². The molecule has 5 heteroatoms. The highest BCUT2D eigenvalue weighted by molar-refractivity contribution is 6.22. The summed E-state index contributed by atoms with van der Waals surface area (Å²) in [4.78, 5) is 14.3. The van der Waals surface area contributed by atoms with Gasteiger partial charge in [-0.05, 0) is 44.8 Å². The molecule has 1 fully saturated rings. The topological polar surface area (TPSA) is 38.8 Å². The third-order valence-electron chi connectivity index (χ3n) is 4.46. The van der Waals surface area contributed by atoms with Gasteiger partial charge in [-0.2, -0.15) is 0 Å². The first-order valence-corrected chi connectivity index (χ1v) is 7.67. The molecule has 0 saturated carbocycles. The molecular weight excluding hydrogens is 265 g/mol. The quantitative estimate of drug-likeness (QED) is 0.586. The first kappa shape index (κ1) is 16.2. The maximum absolute atomic E-state index is 12.0. The van der Waals surface area contributed by atoms with Crippen molar-refractivity contribution < 1.29 is 14.3 Å². The van der Waals surface area contributed by atoms with Crippen molar-refractivity contribution in [3.05, 3.63) is 22.8 Å². The summed E-state index contributed by atoms with van der Waals surface area (Å²) in [6, 6.07) is 0.453. The molecule has 2 radical (unpaired) electrons. The van der Waals surface area contributed by atoms with Crippen LogP contribution in [0.15, 0.2) is 22.8 Å². The molecule has 0 N–H and O–H groups in total. The van der Waals surface area contributed by atoms with E-state index >= 15 is 0 Å². The van der Waals surface area contributed by atoms with Crippen LogP contribution in [0.4, 0.5) is 0 Å². The van der Waals surface area contributed by atoms with E-state index in [9.17, 15) is 4.79 Å². The van der Waals surface area contributed by atoms with Gasteiger partial charge in [-0.15, -0.1) is 5.47 Å². The van der Waals surface area contributed by atoms with Gasteiger partial charge in [0.2, 0.25) is 0 Å². The van der Waals surface area contributed by atoms with Crippen molar-refractivity contribution in [2.24, 2.45) is 5.92 Å². The van der Waals surface area contributed by atoms with Gasteiger partial charge >= 0.3 is 5.97 Å². The van der Waals surface area contributed by atoms with Gasteiger partial charge in [-0.25, -0.2) is 0 Å². The largest absolute Gasteiger partial charge is 0.469 e. The highest BCUT2D eigenvalue weighted by Crippen LogP contribution is 2.33. The van der Waals surface area contributed by atoms with Crippen LogP contribution in [-0.4, -0.2) is 51.6 Å². The summed E-state index contributed by atoms with van der Waals surface area (Å²) < 4.78 is 10.4. The molecule has 2 rings (SSSR count). The maximum Gasteiger partial charge on any atom is 0.313 e. The van der Waals surface area contributed by atoms with Gasteiger partial charge in [0, 0.05) is 31.5 Å². The molecule has 0 aromatic rings. The van der Waals surface area contributed by atoms with E-state index in [4.69, 9.17) is 17.3 Å². The van der Waals surface area contributed by atoms with E-state index in [1.54, 1.807) is 0 Å². The molecular formula is C16H24BNO3. The first-order chi connectivity index (χ1) is 10.1. The van der Waals surface area contributed by atoms with Crippen molar-refractivity contribution in [1.82, 2.24) is 4.90 Å². The number of esters is 1. The highest BCUT2D eigenvalue weighted by atomic mass is 16.5. The lowest BCUT2D eigenvalue weighted by atomic mass is 9.77. The summed E-state index contributed by atoms with van der Waals surface area (Å²) >= 11 is 0. The van der Waals surface area contributed by atoms with Gasteiger partial charge in [-0.1, -0.05) is 0 Å². The molecule has 2 aliphatic rings. The number of allylic oxidation sites excluding steroid dienone is 2. The fraction of sp³-hybridized carbons (Fsp3) is 0.688. The van der Waals surface area contributed by atoms with Crippen molar-refractivity contribution >= 4 is 13.8 Å². The lowest BCUT2D eigenvalue weighted by molar-refractivity contribution is -0.144. The number of nitrogens with zero attached hydrogens (tertiary/aromatic N) is 1. The molecule has 1 saturated heterocycles. The molecule has 1 aliphatic heterocycles. The fourth-order valence-electron chi connectivity index (χ4n) is 3.25. The van der Waals surface area contributed by atoms with E-state index in [2.05, 4.69) is 11.8 Å². The minimum atomic E-state index is -0.260. The Kier molecular flexibility index (Phi) is 5.51. The molecule has 0 spiro atoms. The number of hydrogen-bond acceptors (Lipinski definition) is 4. The van der Waals surface area contributed by atoms with Crippen molar-refractivity contribution in [2.45, 2.75) is 39.2 Å². The lowest BCUT2D eigenvalue weighted by Crippen LogP contribution is -2.40. The zero-order valence-electron chi connectivity index (χ0n) is 13.2. The maximum atomic E-state index is 12.0. The van der Waals surface area contributed by atoms with Crippen LogP contribution in [0.1, 0.15) is 33.1 Å². The Hall–Kier alpha value is -1.23. The average molecular weight is 289 g/mol. The number of hydrogen-bond donors (Lipinski definition) is 0. The number of carbonyl (C=O) groups is 1. The Morgan fingerprint density at radius 1 is 1.48 bits per heavy atom. The van der Waals surface area contributed by atoms with Gasteiger partial charge in [0.25, 0.3) is 0 Å². The number of ether oxygens (including phenoxy) is 2. The van der Waals surface area contributed by atoms with Crippen molar-refractivity contribution in [2.75, 3.05) is 26.9 Å². The Morgan fingerprint density at radius 2 is 2.14 bits per heavy atom. The average Bonchev–Trinajstić information content (AvgIpc) is 2.51. The molecule has 1 aliphatic carbocycles. The third kappa shape index (κ3) is 3.51. The van der Waals surface area contributed by atoms with E-state index in [1.807, 2.05) is 13.0 Å². The number of methoxy groups -OCH3 is 1. The van der Waals surface area contributed by atoms with E-state index in [1.165, 1.54) is 7.11 Å². The van der Waals surface area contributed by atoms with Crippen LogP contribution in [0.2, 0.25) is 0 Å². The number of likely N-dealkylation sites (N-methyl/N-ethyl adjacent to an activating group) is 1. The molecule has 1 unspecified atom stereocenters. The van der Waals surface area contributed by atoms with E-state index in [0.29, 0.717) is 12.5 Å². The molecule has 1 heterocycles. The van der Waals surface area contributed by atoms with Gasteiger partial charge in [0.15, 0.2) is 0 Å². The molecule has 0 aromatic carbocycles. The zero-order chi connectivity index (χ0) is 15.4. The summed E-state index contributed by atoms with van der Waals surface area (Å²) in [6.45, 7) is 6.65. The standard InChI is InChI=1S/C16H24BNO3/c1-4-18(13-5-7-21-8-6-13)15-10-12(17)9-14(11(15)2)16(19)20-3/h10,13-14H,4-9H2,1-3H3. The van der Waals surface area contributed by atoms with Crippen LogP contribution >= 0.6 is 0 Å². The van der Waals surface area contributed by atoms with E-state index in [-0.39, 0.29) is 11.9 Å². The van der Waals surface area contributed by atoms with E-state index in [0.717, 1.165) is 49.3 Å². The van der Waals surface area contributed by atoms with Crippen LogP contribution in [-0.2, 0) is 14.3 Å². The van der Waals surface area contributed by atoms with Gasteiger partial charge < -0.3 is 14.4 Å². The normalized spacial score (nSPS) is 23.8. The summed E-state index contributed by atoms with van der Waals surface area (Å²) in [5.74, 6) is -0.465. The molecule has 0 aromatic heterocycles. The summed E-state index contributed by atoms with van der Waals surface area (Å²) in [5.41, 5.74) is 2.89. The monoisotopic (exact) mass is 289 g/mol. The number of rotatable bonds is 4. The predicted octanol–water partition coefficient (Wildman–Crippen LogP) is 2.01. The zero-order valence-corrected chi connectivity index (χ0v) is 13.2. The Balaban J connectivity index is 2.29. The molecule has 4 nitrogen and oxygen atoms in total. The minimum absolute atomic E-state index is 0.205. The molecule has 0 bridgehead atoms. The Bertz CT molecular complexity index is 452. The van der Waals surface area contributed by atoms with Crippen LogP contribution in [0.25, 0.3) is 0 Å². The van der Waals surface area contributed by atoms with Crippen molar-refractivity contribution in [3.8, 4) is 0 Å². The van der Waals surface area contributed by atoms with E-state index < -0.39 is 0 Å². The van der Waals surface area contributed by atoms with Gasteiger partial charge in [0.1, 0.15) is 7.85 Å². The molecule has 1 atom stereocenters. The second-order valence-corrected chi connectivity index (χ2v) is 5.70. The van der Waals surface area contributed by atoms with Crippen LogP contribution in [0, 0.1) is 5.92 Å². The predicted molar refractivity (Wildman–Crippen MR) is 82.9 cm³/mol. The second kappa shape index (κ2) is 7.16. The lowest BCUT2D eigenvalue weighted by Gasteiger charge is -2.39. The van der Waals surface area contributed by atoms with Crippen molar-refractivity contribution in [3.63, 3.8) is 0 Å². The highest BCUT2D eigenvalue weighted by Gasteiger charge is 2.30. The summed E-state index contributed by atoms with van der Waals surface area (Å²) in [6.07, 6.45) is 4.60. The second-order valence-electron chi connectivity index (χ2n) is 5.70. The number of carbonyl (C=O) groups excluding carboxylic acids is 1. The van der Waals surface area contributed by atoms with Crippen LogP contribution < -0.4 is 0 Å². The summed E-state index contributed by atoms with van der Waals surface area (Å²) in [5, 5.41) is 0. The van der Waals surface area contributed by atoms with Gasteiger partial charge in [0.05, 0.1) is 13.0 Å². The van der Waals surface area contributed by atoms with Crippen molar-refractivity contribution in [1.29, 1.82) is 0 Å². The molecule has 21 heavy (non-hydrogen) atoms. The Labute approximate surface area is 128 Å². The molecule has 0 amide bonds. The third-order valence-corrected chi connectivity index (χ3v) is 4.46. The van der Waals surface area contributed by atoms with Crippen LogP contribution in [0.3, 0.4) is 0 Å². The first-order valence-electron chi connectivity index (χ1n) is 7.67. The SMILES string of the molecule is [B]C1=CC(N(CC)C2CCOCC2)=C(C)C(C(=O)OC)C1. The van der Waals surface area contributed by atoms with Crippen LogP contribution in [0.5, 0.6) is 0 Å². The Morgan fingerprint density at radius 3 is 2.71 bits per heavy atom. The summed E-state index contributed by atoms with van der Waals surface area (Å²) in [7, 11) is 7.49. The molecule has 114 valence electrons. The smallest absolute Gasteiger partial charge is 0.313 e.